The summed E-state index contributed by atoms with van der Waals surface area (Å²) in [5, 5.41) is 2.78. The third-order valence-electron chi connectivity index (χ3n) is 5.31. The zero-order valence-corrected chi connectivity index (χ0v) is 19.0. The van der Waals surface area contributed by atoms with Crippen LogP contribution in [0.25, 0.3) is 5.65 Å². The van der Waals surface area contributed by atoms with Crippen LogP contribution in [0.2, 0.25) is 0 Å². The summed E-state index contributed by atoms with van der Waals surface area (Å²) >= 11 is 0. The van der Waals surface area contributed by atoms with E-state index in [9.17, 15) is 13.2 Å². The number of methoxy groups -OCH3 is 1. The molecule has 0 atom stereocenters. The van der Waals surface area contributed by atoms with E-state index < -0.39 is 15.9 Å². The number of allylic oxidation sites excluding steroid dienone is 2. The number of nitrogens with zero attached hydrogens (tertiary/aromatic N) is 4. The largest absolute Gasteiger partial charge is 0.493 e. The lowest BCUT2D eigenvalue weighted by Gasteiger charge is -2.28. The van der Waals surface area contributed by atoms with E-state index in [2.05, 4.69) is 14.7 Å². The Morgan fingerprint density at radius 2 is 2.09 bits per heavy atom. The van der Waals surface area contributed by atoms with Gasteiger partial charge in [-0.25, -0.2) is 13.4 Å². The quantitative estimate of drug-likeness (QED) is 0.577. The topological polar surface area (TPSA) is 115 Å². The van der Waals surface area contributed by atoms with E-state index in [0.29, 0.717) is 17.2 Å². The first-order chi connectivity index (χ1) is 16.4. The van der Waals surface area contributed by atoms with Gasteiger partial charge >= 0.3 is 0 Å². The number of ether oxygens (including phenoxy) is 2. The maximum atomic E-state index is 13.0. The van der Waals surface area contributed by atoms with E-state index in [1.807, 2.05) is 35.0 Å². The minimum Gasteiger partial charge on any atom is -0.493 e. The maximum absolute atomic E-state index is 13.0. The normalized spacial score (nSPS) is 16.4. The fourth-order valence-corrected chi connectivity index (χ4v) is 4.65. The Balaban J connectivity index is 1.34. The standard InChI is InChI=1S/C23H21N5O5S/c1-32-19-8-7-16(13-20(19)33-15-17-14-28-9-3-2-6-21(28)24-17)25-23(29)18-5-4-10-27-11-12-34(30,31)26-22(18)27/h2-10,13-14H,11-12,15H2,1H3,(H,25,29). The van der Waals surface area contributed by atoms with Gasteiger partial charge in [0.15, 0.2) is 17.3 Å². The molecule has 5 rings (SSSR count). The first kappa shape index (κ1) is 21.7. The van der Waals surface area contributed by atoms with Crippen LogP contribution < -0.4 is 14.8 Å². The molecule has 174 valence electrons. The van der Waals surface area contributed by atoms with Gasteiger partial charge in [-0.05, 0) is 36.4 Å². The van der Waals surface area contributed by atoms with Crippen molar-refractivity contribution in [1.82, 2.24) is 14.3 Å². The third-order valence-corrected chi connectivity index (χ3v) is 6.46. The van der Waals surface area contributed by atoms with Crippen LogP contribution in [-0.4, -0.2) is 53.9 Å². The number of carbonyl (C=O) groups excluding carboxylic acids is 1. The molecule has 11 heteroatoms. The Labute approximate surface area is 195 Å². The second-order valence-electron chi connectivity index (χ2n) is 7.62. The Bertz CT molecular complexity index is 1440. The number of rotatable bonds is 6. The van der Waals surface area contributed by atoms with E-state index in [4.69, 9.17) is 9.47 Å². The predicted octanol–water partition coefficient (Wildman–Crippen LogP) is 2.36. The number of aromatic nitrogens is 2. The van der Waals surface area contributed by atoms with E-state index in [-0.39, 0.29) is 30.3 Å². The van der Waals surface area contributed by atoms with E-state index in [0.717, 1.165) is 11.3 Å². The second-order valence-corrected chi connectivity index (χ2v) is 9.38. The Morgan fingerprint density at radius 3 is 2.91 bits per heavy atom. The highest BCUT2D eigenvalue weighted by Gasteiger charge is 2.30. The first-order valence-corrected chi connectivity index (χ1v) is 12.1. The smallest absolute Gasteiger partial charge is 0.259 e. The summed E-state index contributed by atoms with van der Waals surface area (Å²) in [7, 11) is -2.08. The number of nitrogens with one attached hydrogen (secondary N) is 1. The molecule has 1 amide bonds. The number of fused-ring (bicyclic) bond motifs is 2. The Hall–Kier alpha value is -4.12. The minimum atomic E-state index is -3.60. The molecule has 10 nitrogen and oxygen atoms in total. The fourth-order valence-electron chi connectivity index (χ4n) is 3.67. The summed E-state index contributed by atoms with van der Waals surface area (Å²) in [5.41, 5.74) is 2.16. The molecule has 0 saturated heterocycles. The Kier molecular flexibility index (Phi) is 5.54. The van der Waals surface area contributed by atoms with Crippen LogP contribution in [0.4, 0.5) is 5.69 Å². The first-order valence-electron chi connectivity index (χ1n) is 10.4. The van der Waals surface area contributed by atoms with Gasteiger partial charge in [0.2, 0.25) is 0 Å². The minimum absolute atomic E-state index is 0.0960. The van der Waals surface area contributed by atoms with Crippen molar-refractivity contribution >= 4 is 33.1 Å². The molecule has 0 spiro atoms. The second kappa shape index (κ2) is 8.67. The number of pyridine rings is 1. The molecule has 0 aliphatic carbocycles. The summed E-state index contributed by atoms with van der Waals surface area (Å²) in [6.07, 6.45) is 8.70. The van der Waals surface area contributed by atoms with Crippen molar-refractivity contribution in [3.05, 3.63) is 78.4 Å². The van der Waals surface area contributed by atoms with Crippen LogP contribution in [0.1, 0.15) is 5.69 Å². The highest BCUT2D eigenvalue weighted by Crippen LogP contribution is 2.31. The van der Waals surface area contributed by atoms with Crippen LogP contribution in [0.5, 0.6) is 11.5 Å². The highest BCUT2D eigenvalue weighted by molar-refractivity contribution is 7.90. The molecule has 0 fully saturated rings. The van der Waals surface area contributed by atoms with Crippen LogP contribution >= 0.6 is 0 Å². The Morgan fingerprint density at radius 1 is 1.21 bits per heavy atom. The number of carbonyl (C=O) groups is 1. The number of amides is 1. The molecule has 0 saturated carbocycles. The number of benzene rings is 1. The van der Waals surface area contributed by atoms with Crippen molar-refractivity contribution in [2.24, 2.45) is 4.40 Å². The molecular weight excluding hydrogens is 458 g/mol. The lowest BCUT2D eigenvalue weighted by Crippen LogP contribution is -2.40. The zero-order chi connectivity index (χ0) is 23.7. The lowest BCUT2D eigenvalue weighted by molar-refractivity contribution is -0.112. The number of hydrogen-bond acceptors (Lipinski definition) is 7. The number of anilines is 1. The van der Waals surface area contributed by atoms with Gasteiger partial charge in [-0.15, -0.1) is 4.40 Å². The van der Waals surface area contributed by atoms with Crippen molar-refractivity contribution in [2.75, 3.05) is 24.7 Å². The summed E-state index contributed by atoms with van der Waals surface area (Å²) in [4.78, 5) is 19.1. The van der Waals surface area contributed by atoms with Crippen molar-refractivity contribution in [2.45, 2.75) is 6.61 Å². The monoisotopic (exact) mass is 479 g/mol. The van der Waals surface area contributed by atoms with Crippen LogP contribution in [-0.2, 0) is 21.4 Å². The van der Waals surface area contributed by atoms with Crippen LogP contribution in [0, 0.1) is 0 Å². The SMILES string of the molecule is COc1ccc(NC(=O)C2=CC=CN3CCS(=O)(=O)N=C23)cc1OCc1cn2ccccc2n1. The van der Waals surface area contributed by atoms with Crippen molar-refractivity contribution in [1.29, 1.82) is 0 Å². The lowest BCUT2D eigenvalue weighted by atomic mass is 10.1. The average molecular weight is 480 g/mol. The van der Waals surface area contributed by atoms with Gasteiger partial charge in [0.25, 0.3) is 15.9 Å². The molecule has 1 N–H and O–H groups in total. The highest BCUT2D eigenvalue weighted by atomic mass is 32.2. The number of imidazole rings is 1. The number of sulfonamides is 1. The van der Waals surface area contributed by atoms with Crippen molar-refractivity contribution in [3.8, 4) is 11.5 Å². The van der Waals surface area contributed by atoms with Gasteiger partial charge < -0.3 is 24.1 Å². The molecule has 2 aromatic heterocycles. The van der Waals surface area contributed by atoms with E-state index in [1.54, 1.807) is 35.4 Å². The van der Waals surface area contributed by atoms with E-state index in [1.165, 1.54) is 13.2 Å². The molecule has 3 aromatic rings. The van der Waals surface area contributed by atoms with Crippen LogP contribution in [0.3, 0.4) is 0 Å². The number of hydrogen-bond donors (Lipinski definition) is 1. The summed E-state index contributed by atoms with van der Waals surface area (Å²) in [6.45, 7) is 0.445. The maximum Gasteiger partial charge on any atom is 0.259 e. The summed E-state index contributed by atoms with van der Waals surface area (Å²) < 4.78 is 40.9. The molecule has 4 heterocycles. The molecule has 0 radical (unpaired) electrons. The molecular formula is C23H21N5O5S. The average Bonchev–Trinajstić information content (AvgIpc) is 3.25. The molecule has 0 unspecified atom stereocenters. The van der Waals surface area contributed by atoms with Gasteiger partial charge in [-0.1, -0.05) is 6.07 Å². The van der Waals surface area contributed by atoms with Crippen molar-refractivity contribution in [3.63, 3.8) is 0 Å². The van der Waals surface area contributed by atoms with E-state index >= 15 is 0 Å². The third kappa shape index (κ3) is 4.37. The number of amidine groups is 1. The molecule has 2 aliphatic heterocycles. The zero-order valence-electron chi connectivity index (χ0n) is 18.2. The predicted molar refractivity (Wildman–Crippen MR) is 126 cm³/mol. The fraction of sp³-hybridized carbons (Fsp3) is 0.174. The molecule has 0 bridgehead atoms. The van der Waals surface area contributed by atoms with Crippen molar-refractivity contribution < 1.29 is 22.7 Å². The van der Waals surface area contributed by atoms with Gasteiger partial charge in [0, 0.05) is 36.9 Å². The molecule has 1 aromatic carbocycles. The summed E-state index contributed by atoms with van der Waals surface area (Å²) in [6, 6.07) is 10.7. The van der Waals surface area contributed by atoms with Gasteiger partial charge in [-0.2, -0.15) is 0 Å². The van der Waals surface area contributed by atoms with Gasteiger partial charge in [0.05, 0.1) is 24.1 Å². The van der Waals surface area contributed by atoms with Gasteiger partial charge in [-0.3, -0.25) is 4.79 Å². The summed E-state index contributed by atoms with van der Waals surface area (Å²) in [5.74, 6) is 0.454. The van der Waals surface area contributed by atoms with Crippen LogP contribution in [0.15, 0.2) is 77.1 Å². The molecule has 2 aliphatic rings. The van der Waals surface area contributed by atoms with Gasteiger partial charge in [0.1, 0.15) is 12.3 Å². The molecule has 34 heavy (non-hydrogen) atoms.